The van der Waals surface area contributed by atoms with E-state index in [1.807, 2.05) is 0 Å². The largest absolute Gasteiger partial charge is 0.465 e. The predicted molar refractivity (Wildman–Crippen MR) is 66.2 cm³/mol. The molecular weight excluding hydrogens is 200 g/mol. The molecule has 0 aromatic rings. The zero-order valence-corrected chi connectivity index (χ0v) is 10.4. The second kappa shape index (κ2) is 8.37. The van der Waals surface area contributed by atoms with Crippen LogP contribution in [0.15, 0.2) is 12.2 Å². The molecule has 1 unspecified atom stereocenters. The van der Waals surface area contributed by atoms with Crippen LogP contribution in [0.2, 0.25) is 0 Å². The zero-order valence-electron chi connectivity index (χ0n) is 10.4. The Morgan fingerprint density at radius 3 is 2.62 bits per heavy atom. The van der Waals surface area contributed by atoms with Crippen molar-refractivity contribution in [3.05, 3.63) is 12.2 Å². The minimum absolute atomic E-state index is 0.0303. The summed E-state index contributed by atoms with van der Waals surface area (Å²) in [5.74, 6) is 0.323. The molecule has 0 amide bonds. The zero-order chi connectivity index (χ0) is 11.6. The fourth-order valence-electron chi connectivity index (χ4n) is 1.92. The lowest BCUT2D eigenvalue weighted by atomic mass is 10.1. The van der Waals surface area contributed by atoms with Gasteiger partial charge in [0.1, 0.15) is 0 Å². The van der Waals surface area contributed by atoms with Crippen LogP contribution in [0.5, 0.6) is 0 Å². The molecule has 1 rings (SSSR count). The maximum absolute atomic E-state index is 11.4. The van der Waals surface area contributed by atoms with E-state index in [9.17, 15) is 4.79 Å². The van der Waals surface area contributed by atoms with Gasteiger partial charge >= 0.3 is 5.97 Å². The number of allylic oxidation sites excluding steroid dienone is 1. The van der Waals surface area contributed by atoms with Gasteiger partial charge in [0.25, 0.3) is 0 Å². The maximum Gasteiger partial charge on any atom is 0.305 e. The van der Waals surface area contributed by atoms with E-state index < -0.39 is 0 Å². The molecule has 0 radical (unpaired) electrons. The number of hydrogen-bond acceptors (Lipinski definition) is 2. The van der Waals surface area contributed by atoms with E-state index in [1.54, 1.807) is 0 Å². The van der Waals surface area contributed by atoms with Gasteiger partial charge in [0.2, 0.25) is 0 Å². The molecule has 1 atom stereocenters. The lowest BCUT2D eigenvalue weighted by Gasteiger charge is -2.09. The second-order valence-electron chi connectivity index (χ2n) is 4.75. The van der Waals surface area contributed by atoms with Crippen LogP contribution in [0.1, 0.15) is 58.3 Å². The van der Waals surface area contributed by atoms with Gasteiger partial charge in [0.15, 0.2) is 0 Å². The van der Waals surface area contributed by atoms with Crippen LogP contribution < -0.4 is 0 Å². The molecule has 1 aliphatic rings. The number of cyclic esters (lactones) is 1. The SMILES string of the molecule is CC1/C=C/CCCCCCCCC(=O)OC1. The molecule has 92 valence electrons. The molecule has 16 heavy (non-hydrogen) atoms. The van der Waals surface area contributed by atoms with E-state index >= 15 is 0 Å². The number of ether oxygens (including phenoxy) is 1. The minimum atomic E-state index is -0.0303. The predicted octanol–water partition coefficient (Wildman–Crippen LogP) is 3.86. The fraction of sp³-hybridized carbons (Fsp3) is 0.786. The maximum atomic E-state index is 11.4. The van der Waals surface area contributed by atoms with Crippen LogP contribution in [0, 0.1) is 5.92 Å². The quantitative estimate of drug-likeness (QED) is 0.461. The van der Waals surface area contributed by atoms with E-state index in [-0.39, 0.29) is 5.97 Å². The highest BCUT2D eigenvalue weighted by molar-refractivity contribution is 5.69. The van der Waals surface area contributed by atoms with Crippen LogP contribution in [-0.2, 0) is 9.53 Å². The van der Waals surface area contributed by atoms with Gasteiger partial charge in [0, 0.05) is 12.3 Å². The Kier molecular flexibility index (Phi) is 6.95. The van der Waals surface area contributed by atoms with Gasteiger partial charge in [0.05, 0.1) is 6.61 Å². The average molecular weight is 224 g/mol. The standard InChI is InChI=1S/C14H24O2/c1-13-10-8-6-4-2-3-5-7-9-11-14(15)16-12-13/h8,10,13H,2-7,9,11-12H2,1H3/b10-8+. The topological polar surface area (TPSA) is 26.3 Å². The summed E-state index contributed by atoms with van der Waals surface area (Å²) < 4.78 is 5.21. The minimum Gasteiger partial charge on any atom is -0.465 e. The van der Waals surface area contributed by atoms with Crippen molar-refractivity contribution in [2.24, 2.45) is 5.92 Å². The fourth-order valence-corrected chi connectivity index (χ4v) is 1.92. The van der Waals surface area contributed by atoms with Gasteiger partial charge in [-0.2, -0.15) is 0 Å². The molecule has 0 aliphatic carbocycles. The smallest absolute Gasteiger partial charge is 0.305 e. The molecule has 1 aliphatic heterocycles. The van der Waals surface area contributed by atoms with E-state index in [4.69, 9.17) is 4.74 Å². The molecule has 1 heterocycles. The molecule has 0 aromatic heterocycles. The van der Waals surface area contributed by atoms with Crippen LogP contribution in [0.4, 0.5) is 0 Å². The summed E-state index contributed by atoms with van der Waals surface area (Å²) >= 11 is 0. The molecule has 0 aromatic carbocycles. The first kappa shape index (κ1) is 13.3. The molecule has 2 nitrogen and oxygen atoms in total. The van der Waals surface area contributed by atoms with E-state index in [1.165, 1.54) is 32.1 Å². The second-order valence-corrected chi connectivity index (χ2v) is 4.75. The number of carbonyl (C=O) groups is 1. The number of carbonyl (C=O) groups excluding carboxylic acids is 1. The number of rotatable bonds is 0. The Labute approximate surface area is 99.1 Å². The first-order valence-electron chi connectivity index (χ1n) is 6.61. The molecule has 0 bridgehead atoms. The molecular formula is C14H24O2. The van der Waals surface area contributed by atoms with E-state index in [0.717, 1.165) is 12.8 Å². The lowest BCUT2D eigenvalue weighted by Crippen LogP contribution is -2.10. The van der Waals surface area contributed by atoms with Crippen molar-refractivity contribution in [1.29, 1.82) is 0 Å². The van der Waals surface area contributed by atoms with Crippen LogP contribution in [0.25, 0.3) is 0 Å². The van der Waals surface area contributed by atoms with Gasteiger partial charge in [-0.1, -0.05) is 44.8 Å². The molecule has 2 heteroatoms. The Balaban J connectivity index is 2.32. The van der Waals surface area contributed by atoms with E-state index in [0.29, 0.717) is 18.9 Å². The summed E-state index contributed by atoms with van der Waals surface area (Å²) in [6.45, 7) is 2.63. The summed E-state index contributed by atoms with van der Waals surface area (Å²) in [5, 5.41) is 0. The van der Waals surface area contributed by atoms with Crippen molar-refractivity contribution < 1.29 is 9.53 Å². The Hall–Kier alpha value is -0.790. The highest BCUT2D eigenvalue weighted by atomic mass is 16.5. The van der Waals surface area contributed by atoms with Gasteiger partial charge in [-0.3, -0.25) is 4.79 Å². The lowest BCUT2D eigenvalue weighted by molar-refractivity contribution is -0.144. The third-order valence-electron chi connectivity index (χ3n) is 2.97. The Morgan fingerprint density at radius 1 is 1.12 bits per heavy atom. The van der Waals surface area contributed by atoms with Crippen LogP contribution in [-0.4, -0.2) is 12.6 Å². The third kappa shape index (κ3) is 6.65. The summed E-state index contributed by atoms with van der Waals surface area (Å²) in [5.41, 5.74) is 0. The van der Waals surface area contributed by atoms with Crippen molar-refractivity contribution in [2.45, 2.75) is 58.3 Å². The Morgan fingerprint density at radius 2 is 1.81 bits per heavy atom. The van der Waals surface area contributed by atoms with Crippen molar-refractivity contribution in [2.75, 3.05) is 6.61 Å². The average Bonchev–Trinajstić information content (AvgIpc) is 2.28. The summed E-state index contributed by atoms with van der Waals surface area (Å²) in [7, 11) is 0. The highest BCUT2D eigenvalue weighted by Gasteiger charge is 2.05. The molecule has 0 N–H and O–H groups in total. The van der Waals surface area contributed by atoms with Gasteiger partial charge in [-0.05, 0) is 19.3 Å². The molecule has 0 spiro atoms. The molecule has 0 saturated carbocycles. The van der Waals surface area contributed by atoms with Gasteiger partial charge < -0.3 is 4.74 Å². The van der Waals surface area contributed by atoms with Crippen LogP contribution in [0.3, 0.4) is 0 Å². The highest BCUT2D eigenvalue weighted by Crippen LogP contribution is 2.11. The van der Waals surface area contributed by atoms with E-state index in [2.05, 4.69) is 19.1 Å². The first-order chi connectivity index (χ1) is 7.79. The van der Waals surface area contributed by atoms with Crippen molar-refractivity contribution in [3.8, 4) is 0 Å². The molecule has 0 fully saturated rings. The third-order valence-corrected chi connectivity index (χ3v) is 2.97. The monoisotopic (exact) mass is 224 g/mol. The molecule has 0 saturated heterocycles. The summed E-state index contributed by atoms with van der Waals surface area (Å²) in [4.78, 5) is 11.4. The summed E-state index contributed by atoms with van der Waals surface area (Å²) in [6.07, 6.45) is 13.5. The number of esters is 1. The van der Waals surface area contributed by atoms with Crippen molar-refractivity contribution in [1.82, 2.24) is 0 Å². The number of hydrogen-bond donors (Lipinski definition) is 0. The van der Waals surface area contributed by atoms with Gasteiger partial charge in [-0.25, -0.2) is 0 Å². The van der Waals surface area contributed by atoms with Gasteiger partial charge in [-0.15, -0.1) is 0 Å². The van der Waals surface area contributed by atoms with Crippen molar-refractivity contribution >= 4 is 5.97 Å². The summed E-state index contributed by atoms with van der Waals surface area (Å²) in [6, 6.07) is 0. The van der Waals surface area contributed by atoms with Crippen molar-refractivity contribution in [3.63, 3.8) is 0 Å². The van der Waals surface area contributed by atoms with Crippen LogP contribution >= 0.6 is 0 Å². The normalized spacial score (nSPS) is 27.8. The first-order valence-corrected chi connectivity index (χ1v) is 6.61. The Bertz CT molecular complexity index is 221.